The number of anilines is 3. The first-order valence-electron chi connectivity index (χ1n) is 9.44. The van der Waals surface area contributed by atoms with E-state index < -0.39 is 22.8 Å². The smallest absolute Gasteiger partial charge is 0.354 e. The van der Waals surface area contributed by atoms with Gasteiger partial charge in [-0.15, -0.1) is 0 Å². The fourth-order valence-electron chi connectivity index (χ4n) is 3.11. The molecule has 3 rings (SSSR count). The third kappa shape index (κ3) is 5.24. The summed E-state index contributed by atoms with van der Waals surface area (Å²) in [7, 11) is 0. The van der Waals surface area contributed by atoms with Crippen molar-refractivity contribution in [2.75, 3.05) is 48.3 Å². The third-order valence-electron chi connectivity index (χ3n) is 4.59. The maximum Gasteiger partial charge on any atom is 0.417 e. The molecule has 2 aromatic rings. The minimum atomic E-state index is -4.59. The lowest BCUT2D eigenvalue weighted by Gasteiger charge is -2.35. The van der Waals surface area contributed by atoms with Crippen molar-refractivity contribution in [3.63, 3.8) is 0 Å². The number of rotatable bonds is 4. The fourth-order valence-corrected chi connectivity index (χ4v) is 3.34. The van der Waals surface area contributed by atoms with Gasteiger partial charge < -0.3 is 20.4 Å². The fraction of sp³-hybridized carbons (Fsp3) is 0.421. The van der Waals surface area contributed by atoms with Gasteiger partial charge in [-0.05, 0) is 32.0 Å². The SMILES string of the molecule is CCNc1nc(C)cc(N2CCN(C(=O)Nc3ccc(Cl)c(C(F)(F)F)c3)CC2)n1. The van der Waals surface area contributed by atoms with Crippen LogP contribution in [0.1, 0.15) is 18.2 Å². The van der Waals surface area contributed by atoms with E-state index in [4.69, 9.17) is 11.6 Å². The average Bonchev–Trinajstić information content (AvgIpc) is 2.68. The van der Waals surface area contributed by atoms with Crippen molar-refractivity contribution in [2.24, 2.45) is 0 Å². The number of amides is 2. The van der Waals surface area contributed by atoms with Gasteiger partial charge in [0.15, 0.2) is 0 Å². The first-order valence-corrected chi connectivity index (χ1v) is 9.82. The van der Waals surface area contributed by atoms with Gasteiger partial charge in [0.25, 0.3) is 0 Å². The summed E-state index contributed by atoms with van der Waals surface area (Å²) in [5, 5.41) is 5.19. The normalized spacial score (nSPS) is 14.6. The monoisotopic (exact) mass is 442 g/mol. The van der Waals surface area contributed by atoms with Crippen molar-refractivity contribution < 1.29 is 18.0 Å². The molecule has 1 fully saturated rings. The van der Waals surface area contributed by atoms with Crippen molar-refractivity contribution in [2.45, 2.75) is 20.0 Å². The number of piperazine rings is 1. The lowest BCUT2D eigenvalue weighted by Crippen LogP contribution is -2.50. The van der Waals surface area contributed by atoms with Crippen molar-refractivity contribution in [3.05, 3.63) is 40.5 Å². The zero-order valence-electron chi connectivity index (χ0n) is 16.6. The number of halogens is 4. The lowest BCUT2D eigenvalue weighted by molar-refractivity contribution is -0.137. The van der Waals surface area contributed by atoms with Crippen molar-refractivity contribution in [1.29, 1.82) is 0 Å². The van der Waals surface area contributed by atoms with Gasteiger partial charge in [-0.25, -0.2) is 9.78 Å². The Hall–Kier alpha value is -2.75. The second-order valence-corrected chi connectivity index (χ2v) is 7.23. The molecule has 0 bridgehead atoms. The van der Waals surface area contributed by atoms with Gasteiger partial charge in [0.2, 0.25) is 5.95 Å². The largest absolute Gasteiger partial charge is 0.417 e. The molecular formula is C19H22ClF3N6O. The molecule has 1 saturated heterocycles. The lowest BCUT2D eigenvalue weighted by atomic mass is 10.2. The number of nitrogens with one attached hydrogen (secondary N) is 2. The van der Waals surface area contributed by atoms with Crippen LogP contribution in [-0.2, 0) is 6.18 Å². The van der Waals surface area contributed by atoms with Crippen LogP contribution in [0.25, 0.3) is 0 Å². The van der Waals surface area contributed by atoms with Crippen LogP contribution in [0.5, 0.6) is 0 Å². The highest BCUT2D eigenvalue weighted by Crippen LogP contribution is 2.36. The summed E-state index contributed by atoms with van der Waals surface area (Å²) >= 11 is 5.62. The van der Waals surface area contributed by atoms with Gasteiger partial charge in [0.1, 0.15) is 5.82 Å². The van der Waals surface area contributed by atoms with E-state index in [1.807, 2.05) is 24.8 Å². The summed E-state index contributed by atoms with van der Waals surface area (Å²) < 4.78 is 39.0. The molecule has 0 saturated carbocycles. The molecule has 1 aliphatic rings. The van der Waals surface area contributed by atoms with Gasteiger partial charge in [-0.2, -0.15) is 18.2 Å². The van der Waals surface area contributed by atoms with Crippen LogP contribution in [-0.4, -0.2) is 53.6 Å². The molecule has 162 valence electrons. The van der Waals surface area contributed by atoms with E-state index in [0.29, 0.717) is 38.7 Å². The van der Waals surface area contributed by atoms with E-state index in [1.54, 1.807) is 4.90 Å². The van der Waals surface area contributed by atoms with Crippen LogP contribution in [0.2, 0.25) is 5.02 Å². The molecule has 1 aromatic carbocycles. The van der Waals surface area contributed by atoms with Gasteiger partial charge in [-0.3, -0.25) is 0 Å². The van der Waals surface area contributed by atoms with Crippen molar-refractivity contribution in [3.8, 4) is 0 Å². The molecule has 2 N–H and O–H groups in total. The second-order valence-electron chi connectivity index (χ2n) is 6.82. The number of carbonyl (C=O) groups excluding carboxylic acids is 1. The maximum absolute atomic E-state index is 13.0. The minimum absolute atomic E-state index is 0.0425. The number of benzene rings is 1. The van der Waals surface area contributed by atoms with Crippen LogP contribution >= 0.6 is 11.6 Å². The number of nitrogens with zero attached hydrogens (tertiary/aromatic N) is 4. The predicted molar refractivity (Wildman–Crippen MR) is 110 cm³/mol. The van der Waals surface area contributed by atoms with Gasteiger partial charge in [0.05, 0.1) is 10.6 Å². The average molecular weight is 443 g/mol. The molecule has 11 heteroatoms. The summed E-state index contributed by atoms with van der Waals surface area (Å²) in [6, 6.07) is 4.72. The van der Waals surface area contributed by atoms with E-state index in [-0.39, 0.29) is 5.69 Å². The molecule has 7 nitrogen and oxygen atoms in total. The quantitative estimate of drug-likeness (QED) is 0.740. The summed E-state index contributed by atoms with van der Waals surface area (Å²) in [6.07, 6.45) is -4.59. The van der Waals surface area contributed by atoms with Crippen LogP contribution in [0.3, 0.4) is 0 Å². The first-order chi connectivity index (χ1) is 14.2. The molecule has 2 amide bonds. The highest BCUT2D eigenvalue weighted by molar-refractivity contribution is 6.31. The Bertz CT molecular complexity index is 916. The molecule has 1 aromatic heterocycles. The standard InChI is InChI=1S/C19H22ClF3N6O/c1-3-24-17-25-12(2)10-16(27-17)28-6-8-29(9-7-28)18(30)26-13-4-5-15(20)14(11-13)19(21,22)23/h4-5,10-11H,3,6-9H2,1-2H3,(H,26,30)(H,24,25,27). The van der Waals surface area contributed by atoms with Gasteiger partial charge >= 0.3 is 12.2 Å². The highest BCUT2D eigenvalue weighted by atomic mass is 35.5. The molecule has 0 aliphatic carbocycles. The molecule has 0 unspecified atom stereocenters. The van der Waals surface area contributed by atoms with Crippen LogP contribution < -0.4 is 15.5 Å². The minimum Gasteiger partial charge on any atom is -0.354 e. The maximum atomic E-state index is 13.0. The van der Waals surface area contributed by atoms with Crippen LogP contribution in [0.15, 0.2) is 24.3 Å². The topological polar surface area (TPSA) is 73.4 Å². The first kappa shape index (κ1) is 21.9. The van der Waals surface area contributed by atoms with Crippen molar-refractivity contribution in [1.82, 2.24) is 14.9 Å². The van der Waals surface area contributed by atoms with Crippen LogP contribution in [0.4, 0.5) is 35.4 Å². The van der Waals surface area contributed by atoms with E-state index in [9.17, 15) is 18.0 Å². The molecule has 0 atom stereocenters. The number of aryl methyl sites for hydroxylation is 1. The zero-order chi connectivity index (χ0) is 21.9. The Morgan fingerprint density at radius 2 is 1.87 bits per heavy atom. The number of urea groups is 1. The van der Waals surface area contributed by atoms with Gasteiger partial charge in [0, 0.05) is 50.2 Å². The molecular weight excluding hydrogens is 421 g/mol. The number of hydrogen-bond donors (Lipinski definition) is 2. The Kier molecular flexibility index (Phi) is 6.55. The Balaban J connectivity index is 1.62. The second kappa shape index (κ2) is 8.95. The number of hydrogen-bond acceptors (Lipinski definition) is 5. The number of carbonyl (C=O) groups is 1. The van der Waals surface area contributed by atoms with E-state index in [0.717, 1.165) is 23.6 Å². The summed E-state index contributed by atoms with van der Waals surface area (Å²) in [4.78, 5) is 24.9. The Morgan fingerprint density at radius 1 is 1.17 bits per heavy atom. The molecule has 0 radical (unpaired) electrons. The van der Waals surface area contributed by atoms with Crippen LogP contribution in [0, 0.1) is 6.92 Å². The zero-order valence-corrected chi connectivity index (χ0v) is 17.3. The molecule has 2 heterocycles. The predicted octanol–water partition coefficient (Wildman–Crippen LogP) is 4.24. The van der Waals surface area contributed by atoms with E-state index in [1.165, 1.54) is 6.07 Å². The van der Waals surface area contributed by atoms with Gasteiger partial charge in [-0.1, -0.05) is 11.6 Å². The molecule has 1 aliphatic heterocycles. The summed E-state index contributed by atoms with van der Waals surface area (Å²) in [6.45, 7) is 6.46. The highest BCUT2D eigenvalue weighted by Gasteiger charge is 2.33. The number of alkyl halides is 3. The van der Waals surface area contributed by atoms with Crippen molar-refractivity contribution >= 4 is 35.1 Å². The Labute approximate surface area is 177 Å². The van der Waals surface area contributed by atoms with E-state index >= 15 is 0 Å². The third-order valence-corrected chi connectivity index (χ3v) is 4.92. The number of aromatic nitrogens is 2. The molecule has 0 spiro atoms. The Morgan fingerprint density at radius 3 is 2.50 bits per heavy atom. The summed E-state index contributed by atoms with van der Waals surface area (Å²) in [5.41, 5.74) is -0.109. The van der Waals surface area contributed by atoms with E-state index in [2.05, 4.69) is 20.6 Å². The summed E-state index contributed by atoms with van der Waals surface area (Å²) in [5.74, 6) is 1.32. The molecule has 30 heavy (non-hydrogen) atoms.